The standard InChI is InChI=1S/C11H21NO2/c1-7(2)9-5-4-8(3)6-10(9)12-11(13)14/h7-10,12H,4-6H2,1-3H3,(H,13,14)/t8-,9-,10-/m1/s1. The van der Waals surface area contributed by atoms with Crippen molar-refractivity contribution in [2.75, 3.05) is 0 Å². The van der Waals surface area contributed by atoms with Crippen LogP contribution in [0.3, 0.4) is 0 Å². The Labute approximate surface area is 85.9 Å². The Bertz CT molecular complexity index is 203. The number of rotatable bonds is 2. The van der Waals surface area contributed by atoms with E-state index in [-0.39, 0.29) is 6.04 Å². The lowest BCUT2D eigenvalue weighted by Gasteiger charge is -2.37. The number of hydrogen-bond acceptors (Lipinski definition) is 1. The molecule has 1 saturated carbocycles. The van der Waals surface area contributed by atoms with E-state index in [0.717, 1.165) is 12.8 Å². The van der Waals surface area contributed by atoms with Crippen molar-refractivity contribution in [3.8, 4) is 0 Å². The highest BCUT2D eigenvalue weighted by molar-refractivity contribution is 5.64. The minimum Gasteiger partial charge on any atom is -0.465 e. The summed E-state index contributed by atoms with van der Waals surface area (Å²) in [5.74, 6) is 1.74. The van der Waals surface area contributed by atoms with E-state index < -0.39 is 6.09 Å². The van der Waals surface area contributed by atoms with Crippen LogP contribution in [0.15, 0.2) is 0 Å². The SMILES string of the molecule is CC(C)[C@H]1CC[C@@H](C)C[C@H]1NC(=O)O. The lowest BCUT2D eigenvalue weighted by Crippen LogP contribution is -2.45. The third-order valence-corrected chi connectivity index (χ3v) is 3.33. The van der Waals surface area contributed by atoms with Gasteiger partial charge >= 0.3 is 6.09 Å². The van der Waals surface area contributed by atoms with Gasteiger partial charge in [0.05, 0.1) is 0 Å². The van der Waals surface area contributed by atoms with E-state index >= 15 is 0 Å². The van der Waals surface area contributed by atoms with Crippen LogP contribution in [-0.2, 0) is 0 Å². The maximum atomic E-state index is 10.6. The first-order chi connectivity index (χ1) is 6.50. The first-order valence-corrected chi connectivity index (χ1v) is 5.50. The van der Waals surface area contributed by atoms with Gasteiger partial charge in [-0.2, -0.15) is 0 Å². The van der Waals surface area contributed by atoms with Gasteiger partial charge in [0.15, 0.2) is 0 Å². The summed E-state index contributed by atoms with van der Waals surface area (Å²) in [6.45, 7) is 6.56. The molecular weight excluding hydrogens is 178 g/mol. The van der Waals surface area contributed by atoms with Crippen molar-refractivity contribution in [2.45, 2.75) is 46.1 Å². The molecule has 1 fully saturated rings. The molecule has 1 aliphatic rings. The van der Waals surface area contributed by atoms with Crippen LogP contribution in [-0.4, -0.2) is 17.2 Å². The molecule has 0 heterocycles. The number of nitrogens with one attached hydrogen (secondary N) is 1. The van der Waals surface area contributed by atoms with Crippen molar-refractivity contribution in [2.24, 2.45) is 17.8 Å². The fraction of sp³-hybridized carbons (Fsp3) is 0.909. The zero-order valence-electron chi connectivity index (χ0n) is 9.29. The maximum Gasteiger partial charge on any atom is 0.404 e. The minimum atomic E-state index is -0.880. The van der Waals surface area contributed by atoms with E-state index in [4.69, 9.17) is 5.11 Å². The van der Waals surface area contributed by atoms with Crippen LogP contribution >= 0.6 is 0 Å². The van der Waals surface area contributed by atoms with Crippen LogP contribution in [0.5, 0.6) is 0 Å². The zero-order chi connectivity index (χ0) is 10.7. The average Bonchev–Trinajstić information content (AvgIpc) is 2.01. The van der Waals surface area contributed by atoms with Gasteiger partial charge < -0.3 is 10.4 Å². The van der Waals surface area contributed by atoms with Gasteiger partial charge in [0, 0.05) is 6.04 Å². The lowest BCUT2D eigenvalue weighted by molar-refractivity contribution is 0.147. The van der Waals surface area contributed by atoms with Crippen molar-refractivity contribution in [3.63, 3.8) is 0 Å². The van der Waals surface area contributed by atoms with Gasteiger partial charge in [-0.3, -0.25) is 0 Å². The molecule has 82 valence electrons. The van der Waals surface area contributed by atoms with Crippen molar-refractivity contribution in [1.82, 2.24) is 5.32 Å². The molecule has 0 aromatic rings. The predicted octanol–water partition coefficient (Wildman–Crippen LogP) is 2.71. The largest absolute Gasteiger partial charge is 0.465 e. The second-order valence-corrected chi connectivity index (χ2v) is 4.88. The van der Waals surface area contributed by atoms with Gasteiger partial charge in [-0.1, -0.05) is 27.2 Å². The summed E-state index contributed by atoms with van der Waals surface area (Å²) < 4.78 is 0. The van der Waals surface area contributed by atoms with E-state index in [0.29, 0.717) is 17.8 Å². The number of carbonyl (C=O) groups is 1. The highest BCUT2D eigenvalue weighted by atomic mass is 16.4. The highest BCUT2D eigenvalue weighted by Crippen LogP contribution is 2.33. The molecule has 1 rings (SSSR count). The first kappa shape index (κ1) is 11.3. The second kappa shape index (κ2) is 4.67. The third kappa shape index (κ3) is 2.89. The third-order valence-electron chi connectivity index (χ3n) is 3.33. The van der Waals surface area contributed by atoms with Crippen molar-refractivity contribution in [3.05, 3.63) is 0 Å². The summed E-state index contributed by atoms with van der Waals surface area (Å²) in [6.07, 6.45) is 2.51. The van der Waals surface area contributed by atoms with Gasteiger partial charge in [-0.25, -0.2) is 4.79 Å². The van der Waals surface area contributed by atoms with Crippen LogP contribution in [0.1, 0.15) is 40.0 Å². The van der Waals surface area contributed by atoms with Crippen LogP contribution in [0.4, 0.5) is 4.79 Å². The second-order valence-electron chi connectivity index (χ2n) is 4.88. The molecule has 0 aromatic carbocycles. The minimum absolute atomic E-state index is 0.163. The van der Waals surface area contributed by atoms with E-state index in [1.54, 1.807) is 0 Å². The first-order valence-electron chi connectivity index (χ1n) is 5.50. The average molecular weight is 199 g/mol. The number of carboxylic acid groups (broad SMARTS) is 1. The normalized spacial score (nSPS) is 33.0. The molecule has 3 heteroatoms. The van der Waals surface area contributed by atoms with Crippen LogP contribution < -0.4 is 5.32 Å². The lowest BCUT2D eigenvalue weighted by atomic mass is 9.74. The van der Waals surface area contributed by atoms with Crippen molar-refractivity contribution < 1.29 is 9.90 Å². The molecule has 0 saturated heterocycles. The summed E-state index contributed by atoms with van der Waals surface area (Å²) in [6, 6.07) is 0.163. The van der Waals surface area contributed by atoms with E-state index in [1.165, 1.54) is 6.42 Å². The molecule has 0 radical (unpaired) electrons. The van der Waals surface area contributed by atoms with E-state index in [1.807, 2.05) is 0 Å². The summed E-state index contributed by atoms with van der Waals surface area (Å²) >= 11 is 0. The molecular formula is C11H21NO2. The topological polar surface area (TPSA) is 49.3 Å². The van der Waals surface area contributed by atoms with Gasteiger partial charge in [-0.15, -0.1) is 0 Å². The number of hydrogen-bond donors (Lipinski definition) is 2. The van der Waals surface area contributed by atoms with Gasteiger partial charge in [0.2, 0.25) is 0 Å². The molecule has 0 unspecified atom stereocenters. The Hall–Kier alpha value is -0.730. The zero-order valence-corrected chi connectivity index (χ0v) is 9.29. The van der Waals surface area contributed by atoms with Crippen LogP contribution in [0.25, 0.3) is 0 Å². The molecule has 2 N–H and O–H groups in total. The Balaban J connectivity index is 2.58. The fourth-order valence-corrected chi connectivity index (χ4v) is 2.53. The Morgan fingerprint density at radius 2 is 2.07 bits per heavy atom. The molecule has 0 aromatic heterocycles. The molecule has 3 atom stereocenters. The molecule has 0 aliphatic heterocycles. The summed E-state index contributed by atoms with van der Waals surface area (Å²) in [7, 11) is 0. The molecule has 1 amide bonds. The Kier molecular flexibility index (Phi) is 3.78. The molecule has 0 bridgehead atoms. The van der Waals surface area contributed by atoms with Crippen molar-refractivity contribution in [1.29, 1.82) is 0 Å². The monoisotopic (exact) mass is 199 g/mol. The fourth-order valence-electron chi connectivity index (χ4n) is 2.53. The van der Waals surface area contributed by atoms with Gasteiger partial charge in [-0.05, 0) is 30.6 Å². The van der Waals surface area contributed by atoms with E-state index in [2.05, 4.69) is 26.1 Å². The molecule has 0 spiro atoms. The van der Waals surface area contributed by atoms with Crippen LogP contribution in [0.2, 0.25) is 0 Å². The molecule has 1 aliphatic carbocycles. The van der Waals surface area contributed by atoms with E-state index in [9.17, 15) is 4.79 Å². The summed E-state index contributed by atoms with van der Waals surface area (Å²) in [5.41, 5.74) is 0. The maximum absolute atomic E-state index is 10.6. The van der Waals surface area contributed by atoms with Crippen molar-refractivity contribution >= 4 is 6.09 Å². The molecule has 14 heavy (non-hydrogen) atoms. The Morgan fingerprint density at radius 1 is 1.43 bits per heavy atom. The van der Waals surface area contributed by atoms with Crippen LogP contribution in [0, 0.1) is 17.8 Å². The Morgan fingerprint density at radius 3 is 2.57 bits per heavy atom. The summed E-state index contributed by atoms with van der Waals surface area (Å²) in [4.78, 5) is 10.6. The quantitative estimate of drug-likeness (QED) is 0.718. The summed E-state index contributed by atoms with van der Waals surface area (Å²) in [5, 5.41) is 11.4. The smallest absolute Gasteiger partial charge is 0.404 e. The van der Waals surface area contributed by atoms with Gasteiger partial charge in [0.1, 0.15) is 0 Å². The predicted molar refractivity (Wildman–Crippen MR) is 56.3 cm³/mol. The number of amides is 1. The highest BCUT2D eigenvalue weighted by Gasteiger charge is 2.31. The van der Waals surface area contributed by atoms with Gasteiger partial charge in [0.25, 0.3) is 0 Å². The molecule has 3 nitrogen and oxygen atoms in total.